The lowest BCUT2D eigenvalue weighted by Gasteiger charge is -2.26. The Labute approximate surface area is 65.7 Å². The first-order valence-electron chi connectivity index (χ1n) is 2.88. The van der Waals surface area contributed by atoms with Crippen LogP contribution in [0.2, 0.25) is 0 Å². The zero-order valence-electron chi connectivity index (χ0n) is 5.93. The van der Waals surface area contributed by atoms with Crippen molar-refractivity contribution in [3.63, 3.8) is 0 Å². The molecule has 0 fully saturated rings. The highest BCUT2D eigenvalue weighted by Gasteiger charge is 2.18. The molecule has 0 radical (unpaired) electrons. The monoisotopic (exact) mass is 238 g/mol. The lowest BCUT2D eigenvalue weighted by molar-refractivity contribution is 0.262. The van der Waals surface area contributed by atoms with Gasteiger partial charge in [0.15, 0.2) is 0 Å². The molecule has 0 aromatic carbocycles. The van der Waals surface area contributed by atoms with Gasteiger partial charge in [-0.3, -0.25) is 5.01 Å². The predicted octanol–water partition coefficient (Wildman–Crippen LogP) is 1.77. The minimum Gasteiger partial charge on any atom is -0.261 e. The zero-order chi connectivity index (χ0) is 6.91. The van der Waals surface area contributed by atoms with Gasteiger partial charge < -0.3 is 0 Å². The van der Waals surface area contributed by atoms with Gasteiger partial charge in [0.05, 0.1) is 13.9 Å². The Bertz CT molecular complexity index is 143. The fourth-order valence-corrected chi connectivity index (χ4v) is 2.34. The van der Waals surface area contributed by atoms with E-state index >= 15 is 0 Å². The van der Waals surface area contributed by atoms with E-state index in [-0.39, 0.29) is 26.3 Å². The van der Waals surface area contributed by atoms with Crippen molar-refractivity contribution in [2.75, 3.05) is 0 Å². The van der Waals surface area contributed by atoms with Crippen LogP contribution >= 0.6 is 20.7 Å². The number of hydrazone groups is 1. The maximum absolute atomic E-state index is 4.21. The number of hydrogen-bond donors (Lipinski definition) is 0. The SMILES string of the molecule is CC(C)(C)N1C=IC=N1. The van der Waals surface area contributed by atoms with Crippen LogP contribution in [0.15, 0.2) is 5.10 Å². The first kappa shape index (κ1) is 7.18. The van der Waals surface area contributed by atoms with Crippen LogP contribution in [0.4, 0.5) is 0 Å². The van der Waals surface area contributed by atoms with Crippen molar-refractivity contribution >= 4 is 29.1 Å². The average Bonchev–Trinajstić information content (AvgIpc) is 2.08. The highest BCUT2D eigenvalue weighted by molar-refractivity contribution is 14.2. The van der Waals surface area contributed by atoms with Crippen molar-refractivity contribution in [3.8, 4) is 0 Å². The van der Waals surface area contributed by atoms with Crippen LogP contribution in [0.1, 0.15) is 20.8 Å². The van der Waals surface area contributed by atoms with E-state index in [1.54, 1.807) is 0 Å². The van der Waals surface area contributed by atoms with Crippen molar-refractivity contribution in [1.82, 2.24) is 5.01 Å². The number of nitrogens with zero attached hydrogens (tertiary/aromatic N) is 2. The Morgan fingerprint density at radius 2 is 2.11 bits per heavy atom. The van der Waals surface area contributed by atoms with Gasteiger partial charge in [-0.15, -0.1) is 0 Å². The molecule has 0 N–H and O–H groups in total. The molecule has 2 nitrogen and oxygen atoms in total. The molecule has 0 atom stereocenters. The summed E-state index contributed by atoms with van der Waals surface area (Å²) < 4.78 is 4.24. The van der Waals surface area contributed by atoms with Crippen LogP contribution in [0, 0.1) is 0 Å². The van der Waals surface area contributed by atoms with Crippen molar-refractivity contribution in [1.29, 1.82) is 0 Å². The minimum absolute atomic E-state index is 0.145. The molecular formula is C6H11IN2. The average molecular weight is 238 g/mol. The third-order valence-electron chi connectivity index (χ3n) is 1.06. The van der Waals surface area contributed by atoms with Crippen LogP contribution in [0.3, 0.4) is 0 Å². The van der Waals surface area contributed by atoms with Crippen molar-refractivity contribution in [3.05, 3.63) is 0 Å². The Balaban J connectivity index is 2.64. The molecule has 1 rings (SSSR count). The second kappa shape index (κ2) is 2.36. The van der Waals surface area contributed by atoms with E-state index in [9.17, 15) is 0 Å². The summed E-state index contributed by atoms with van der Waals surface area (Å²) >= 11 is 0.145. The van der Waals surface area contributed by atoms with Crippen LogP contribution < -0.4 is 0 Å². The summed E-state index contributed by atoms with van der Waals surface area (Å²) in [5, 5.41) is 6.25. The molecule has 1 aliphatic rings. The molecule has 0 spiro atoms. The Kier molecular flexibility index (Phi) is 1.88. The molecule has 1 heterocycles. The summed E-state index contributed by atoms with van der Waals surface area (Å²) in [5.74, 6) is 0. The first-order chi connectivity index (χ1) is 4.11. The zero-order valence-corrected chi connectivity index (χ0v) is 8.08. The second-order valence-electron chi connectivity index (χ2n) is 2.95. The topological polar surface area (TPSA) is 15.6 Å². The fourth-order valence-electron chi connectivity index (χ4n) is 0.496. The number of hydrogen-bond acceptors (Lipinski definition) is 2. The van der Waals surface area contributed by atoms with Gasteiger partial charge >= 0.3 is 0 Å². The molecule has 0 aromatic rings. The fraction of sp³-hybridized carbons (Fsp3) is 0.667. The second-order valence-corrected chi connectivity index (χ2v) is 4.79. The van der Waals surface area contributed by atoms with Gasteiger partial charge in [0.2, 0.25) is 0 Å². The van der Waals surface area contributed by atoms with Gasteiger partial charge in [0.1, 0.15) is 0 Å². The van der Waals surface area contributed by atoms with Gasteiger partial charge in [0.25, 0.3) is 0 Å². The van der Waals surface area contributed by atoms with Crippen molar-refractivity contribution < 1.29 is 0 Å². The summed E-state index contributed by atoms with van der Waals surface area (Å²) in [6, 6.07) is 0. The Morgan fingerprint density at radius 3 is 2.33 bits per heavy atom. The molecule has 0 amide bonds. The highest BCUT2D eigenvalue weighted by atomic mass is 127. The van der Waals surface area contributed by atoms with Gasteiger partial charge in [-0.05, 0) is 20.8 Å². The van der Waals surface area contributed by atoms with Gasteiger partial charge in [-0.1, -0.05) is 20.7 Å². The number of halogens is 1. The summed E-state index contributed by atoms with van der Waals surface area (Å²) in [5.41, 5.74) is 0.187. The van der Waals surface area contributed by atoms with Crippen molar-refractivity contribution in [2.24, 2.45) is 5.10 Å². The van der Waals surface area contributed by atoms with E-state index in [1.807, 2.05) is 9.23 Å². The summed E-state index contributed by atoms with van der Waals surface area (Å²) in [6.07, 6.45) is 0. The summed E-state index contributed by atoms with van der Waals surface area (Å²) in [7, 11) is 0. The molecule has 0 saturated carbocycles. The van der Waals surface area contributed by atoms with Crippen LogP contribution in [-0.4, -0.2) is 18.9 Å². The molecule has 9 heavy (non-hydrogen) atoms. The van der Waals surface area contributed by atoms with E-state index in [0.717, 1.165) is 0 Å². The quantitative estimate of drug-likeness (QED) is 0.587. The lowest BCUT2D eigenvalue weighted by atomic mass is 10.1. The lowest BCUT2D eigenvalue weighted by Crippen LogP contribution is -2.34. The maximum atomic E-state index is 4.21. The van der Waals surface area contributed by atoms with E-state index in [2.05, 4.69) is 30.0 Å². The van der Waals surface area contributed by atoms with E-state index in [0.29, 0.717) is 0 Å². The molecule has 0 bridgehead atoms. The molecule has 0 unspecified atom stereocenters. The van der Waals surface area contributed by atoms with Gasteiger partial charge in [-0.2, -0.15) is 5.10 Å². The predicted molar refractivity (Wildman–Crippen MR) is 50.2 cm³/mol. The largest absolute Gasteiger partial charge is 0.261 e. The van der Waals surface area contributed by atoms with E-state index < -0.39 is 0 Å². The third kappa shape index (κ3) is 1.74. The maximum Gasteiger partial charge on any atom is 0.0817 e. The normalized spacial score (nSPS) is 18.3. The smallest absolute Gasteiger partial charge is 0.0817 e. The summed E-state index contributed by atoms with van der Waals surface area (Å²) in [4.78, 5) is 0. The van der Waals surface area contributed by atoms with E-state index in [4.69, 9.17) is 0 Å². The molecular weight excluding hydrogens is 227 g/mol. The Morgan fingerprint density at radius 1 is 1.44 bits per heavy atom. The standard InChI is InChI=1S/C6H11IN2/c1-6(2,3)9-5-7-4-8-9/h4-5H,1-3H3. The first-order valence-corrected chi connectivity index (χ1v) is 5.37. The van der Waals surface area contributed by atoms with Crippen LogP contribution in [0.5, 0.6) is 0 Å². The Hall–Kier alpha value is 0.0700. The van der Waals surface area contributed by atoms with Gasteiger partial charge in [-0.25, -0.2) is 0 Å². The van der Waals surface area contributed by atoms with Gasteiger partial charge in [0, 0.05) is 0 Å². The van der Waals surface area contributed by atoms with E-state index in [1.165, 1.54) is 0 Å². The number of rotatable bonds is 0. The van der Waals surface area contributed by atoms with Crippen LogP contribution in [0.25, 0.3) is 0 Å². The molecule has 0 aromatic heterocycles. The summed E-state index contributed by atoms with van der Waals surface area (Å²) in [6.45, 7) is 6.49. The molecule has 1 aliphatic heterocycles. The highest BCUT2D eigenvalue weighted by Crippen LogP contribution is 2.16. The minimum atomic E-state index is 0.145. The molecule has 0 saturated heterocycles. The third-order valence-corrected chi connectivity index (χ3v) is 2.48. The molecule has 3 heteroatoms. The molecule has 0 aliphatic carbocycles. The van der Waals surface area contributed by atoms with Crippen molar-refractivity contribution in [2.45, 2.75) is 26.3 Å². The molecule has 52 valence electrons. The van der Waals surface area contributed by atoms with Crippen LogP contribution in [-0.2, 0) is 0 Å².